The molecule has 4 heteroatoms. The van der Waals surface area contributed by atoms with E-state index in [-0.39, 0.29) is 5.54 Å². The van der Waals surface area contributed by atoms with Gasteiger partial charge in [0.25, 0.3) is 0 Å². The van der Waals surface area contributed by atoms with Crippen LogP contribution in [0.2, 0.25) is 0 Å². The average Bonchev–Trinajstić information content (AvgIpc) is 2.35. The molecule has 4 nitrogen and oxygen atoms in total. The van der Waals surface area contributed by atoms with Gasteiger partial charge in [-0.3, -0.25) is 9.69 Å². The highest BCUT2D eigenvalue weighted by molar-refractivity contribution is 5.77. The van der Waals surface area contributed by atoms with E-state index >= 15 is 0 Å². The Hall–Kier alpha value is -0.610. The second-order valence-electron chi connectivity index (χ2n) is 6.93. The number of carbonyl (C=O) groups is 1. The van der Waals surface area contributed by atoms with E-state index < -0.39 is 0 Å². The monoisotopic (exact) mass is 267 g/mol. The van der Waals surface area contributed by atoms with Crippen LogP contribution in [0.4, 0.5) is 0 Å². The molecule has 0 aliphatic carbocycles. The smallest absolute Gasteiger partial charge is 0.224 e. The van der Waals surface area contributed by atoms with E-state index in [0.29, 0.717) is 24.3 Å². The lowest BCUT2D eigenvalue weighted by atomic mass is 9.90. The lowest BCUT2D eigenvalue weighted by Gasteiger charge is -2.45. The van der Waals surface area contributed by atoms with Gasteiger partial charge < -0.3 is 10.2 Å². The maximum absolute atomic E-state index is 12.5. The Kier molecular flexibility index (Phi) is 4.51. The van der Waals surface area contributed by atoms with Crippen LogP contribution in [0.5, 0.6) is 0 Å². The molecule has 0 radical (unpaired) electrons. The zero-order valence-electron chi connectivity index (χ0n) is 12.9. The molecule has 0 aromatic carbocycles. The van der Waals surface area contributed by atoms with Crippen LogP contribution in [0.25, 0.3) is 0 Å². The van der Waals surface area contributed by atoms with E-state index in [1.165, 1.54) is 12.8 Å². The molecule has 0 aromatic heterocycles. The van der Waals surface area contributed by atoms with Gasteiger partial charge in [0.1, 0.15) is 0 Å². The summed E-state index contributed by atoms with van der Waals surface area (Å²) in [5.74, 6) is 0.950. The van der Waals surface area contributed by atoms with Crippen molar-refractivity contribution in [1.82, 2.24) is 15.1 Å². The van der Waals surface area contributed by atoms with Crippen molar-refractivity contribution in [1.29, 1.82) is 0 Å². The van der Waals surface area contributed by atoms with Crippen molar-refractivity contribution in [3.05, 3.63) is 0 Å². The third-order valence-electron chi connectivity index (χ3n) is 4.99. The number of rotatable bonds is 2. The Labute approximate surface area is 117 Å². The van der Waals surface area contributed by atoms with Crippen molar-refractivity contribution in [2.45, 2.75) is 51.6 Å². The largest absolute Gasteiger partial charge is 0.340 e. The third kappa shape index (κ3) is 3.48. The van der Waals surface area contributed by atoms with Gasteiger partial charge in [0.15, 0.2) is 0 Å². The molecule has 0 saturated carbocycles. The molecule has 2 heterocycles. The van der Waals surface area contributed by atoms with Crippen molar-refractivity contribution >= 4 is 5.91 Å². The fraction of sp³-hybridized carbons (Fsp3) is 0.933. The molecule has 2 aliphatic heterocycles. The first-order valence-electron chi connectivity index (χ1n) is 7.62. The topological polar surface area (TPSA) is 35.6 Å². The molecule has 2 atom stereocenters. The Morgan fingerprint density at radius 2 is 2.11 bits per heavy atom. The van der Waals surface area contributed by atoms with E-state index in [2.05, 4.69) is 42.9 Å². The molecule has 0 aromatic rings. The number of hydrogen-bond donors (Lipinski definition) is 1. The van der Waals surface area contributed by atoms with E-state index in [0.717, 1.165) is 26.2 Å². The van der Waals surface area contributed by atoms with Gasteiger partial charge in [0, 0.05) is 37.6 Å². The van der Waals surface area contributed by atoms with Crippen LogP contribution in [-0.4, -0.2) is 60.5 Å². The molecule has 1 N–H and O–H groups in total. The standard InChI is InChI=1S/C15H29N3O/c1-12-6-5-7-16-13(12)10-14(19)18-9-8-17(4)15(2,3)11-18/h12-13,16H,5-11H2,1-4H3. The number of nitrogens with one attached hydrogen (secondary N) is 1. The Balaban J connectivity index is 1.89. The number of hydrogen-bond acceptors (Lipinski definition) is 3. The summed E-state index contributed by atoms with van der Waals surface area (Å²) in [4.78, 5) is 16.9. The number of likely N-dealkylation sites (N-methyl/N-ethyl adjacent to an activating group) is 1. The Morgan fingerprint density at radius 3 is 2.74 bits per heavy atom. The summed E-state index contributed by atoms with van der Waals surface area (Å²) in [7, 11) is 2.15. The number of carbonyl (C=O) groups excluding carboxylic acids is 1. The molecule has 0 spiro atoms. The predicted molar refractivity (Wildman–Crippen MR) is 78.1 cm³/mol. The minimum Gasteiger partial charge on any atom is -0.340 e. The molecule has 2 aliphatic rings. The summed E-state index contributed by atoms with van der Waals surface area (Å²) in [6.07, 6.45) is 3.16. The summed E-state index contributed by atoms with van der Waals surface area (Å²) < 4.78 is 0. The molecular weight excluding hydrogens is 238 g/mol. The van der Waals surface area contributed by atoms with Crippen LogP contribution in [0.1, 0.15) is 40.0 Å². The highest BCUT2D eigenvalue weighted by atomic mass is 16.2. The van der Waals surface area contributed by atoms with Crippen LogP contribution in [0, 0.1) is 5.92 Å². The van der Waals surface area contributed by atoms with Crippen LogP contribution >= 0.6 is 0 Å². The van der Waals surface area contributed by atoms with Crippen molar-refractivity contribution in [2.24, 2.45) is 5.92 Å². The van der Waals surface area contributed by atoms with Crippen molar-refractivity contribution in [3.63, 3.8) is 0 Å². The first-order valence-corrected chi connectivity index (χ1v) is 7.62. The zero-order chi connectivity index (χ0) is 14.0. The van der Waals surface area contributed by atoms with Crippen molar-refractivity contribution in [2.75, 3.05) is 33.2 Å². The predicted octanol–water partition coefficient (Wildman–Crippen LogP) is 1.32. The van der Waals surface area contributed by atoms with Crippen LogP contribution in [0.3, 0.4) is 0 Å². The van der Waals surface area contributed by atoms with Gasteiger partial charge in [0.05, 0.1) is 0 Å². The summed E-state index contributed by atoms with van der Waals surface area (Å²) >= 11 is 0. The van der Waals surface area contributed by atoms with Gasteiger partial charge in [-0.1, -0.05) is 6.92 Å². The Bertz CT molecular complexity index is 329. The maximum atomic E-state index is 12.5. The van der Waals surface area contributed by atoms with Crippen molar-refractivity contribution in [3.8, 4) is 0 Å². The fourth-order valence-electron chi connectivity index (χ4n) is 3.16. The van der Waals surface area contributed by atoms with E-state index in [9.17, 15) is 4.79 Å². The molecule has 110 valence electrons. The van der Waals surface area contributed by atoms with Gasteiger partial charge in [-0.15, -0.1) is 0 Å². The molecule has 2 unspecified atom stereocenters. The lowest BCUT2D eigenvalue weighted by Crippen LogP contribution is -2.59. The Morgan fingerprint density at radius 1 is 1.37 bits per heavy atom. The minimum absolute atomic E-state index is 0.0967. The van der Waals surface area contributed by atoms with Crippen LogP contribution < -0.4 is 5.32 Å². The summed E-state index contributed by atoms with van der Waals surface area (Å²) in [5.41, 5.74) is 0.0967. The van der Waals surface area contributed by atoms with Gasteiger partial charge in [-0.05, 0) is 46.2 Å². The van der Waals surface area contributed by atoms with Crippen LogP contribution in [-0.2, 0) is 4.79 Å². The number of amides is 1. The summed E-state index contributed by atoms with van der Waals surface area (Å²) in [6.45, 7) is 10.5. The number of nitrogens with zero attached hydrogens (tertiary/aromatic N) is 2. The van der Waals surface area contributed by atoms with Crippen molar-refractivity contribution < 1.29 is 4.79 Å². The quantitative estimate of drug-likeness (QED) is 0.819. The first kappa shape index (κ1) is 14.8. The maximum Gasteiger partial charge on any atom is 0.224 e. The highest BCUT2D eigenvalue weighted by Crippen LogP contribution is 2.22. The molecule has 2 saturated heterocycles. The average molecular weight is 267 g/mol. The minimum atomic E-state index is 0.0967. The lowest BCUT2D eigenvalue weighted by molar-refractivity contribution is -0.136. The second-order valence-corrected chi connectivity index (χ2v) is 6.93. The molecular formula is C15H29N3O. The van der Waals surface area contributed by atoms with Crippen LogP contribution in [0.15, 0.2) is 0 Å². The molecule has 0 bridgehead atoms. The SMILES string of the molecule is CC1CCCNC1CC(=O)N1CCN(C)C(C)(C)C1. The molecule has 19 heavy (non-hydrogen) atoms. The van der Waals surface area contributed by atoms with Gasteiger partial charge in [-0.2, -0.15) is 0 Å². The van der Waals surface area contributed by atoms with E-state index in [1.54, 1.807) is 0 Å². The molecule has 2 fully saturated rings. The third-order valence-corrected chi connectivity index (χ3v) is 4.99. The second kappa shape index (κ2) is 5.80. The fourth-order valence-corrected chi connectivity index (χ4v) is 3.16. The molecule has 1 amide bonds. The van der Waals surface area contributed by atoms with E-state index in [1.807, 2.05) is 0 Å². The number of piperazine rings is 1. The normalized spacial score (nSPS) is 32.3. The van der Waals surface area contributed by atoms with Gasteiger partial charge >= 0.3 is 0 Å². The summed E-state index contributed by atoms with van der Waals surface area (Å²) in [6, 6.07) is 0.379. The number of piperidine rings is 1. The zero-order valence-corrected chi connectivity index (χ0v) is 12.9. The first-order chi connectivity index (χ1) is 8.90. The van der Waals surface area contributed by atoms with Gasteiger partial charge in [0.2, 0.25) is 5.91 Å². The van der Waals surface area contributed by atoms with E-state index in [4.69, 9.17) is 0 Å². The highest BCUT2D eigenvalue weighted by Gasteiger charge is 2.34. The summed E-state index contributed by atoms with van der Waals surface area (Å²) in [5, 5.41) is 3.51. The molecule has 2 rings (SSSR count). The van der Waals surface area contributed by atoms with Gasteiger partial charge in [-0.25, -0.2) is 0 Å².